The molecule has 1 N–H and O–H groups in total. The number of hydrogen-bond donors (Lipinski definition) is 1. The van der Waals surface area contributed by atoms with E-state index in [-0.39, 0.29) is 0 Å². The molecule has 1 heterocycles. The molecule has 2 nitrogen and oxygen atoms in total. The maximum atomic E-state index is 5.57. The number of thioether (sulfide) groups is 1. The summed E-state index contributed by atoms with van der Waals surface area (Å²) in [7, 11) is 2.24. The fourth-order valence-corrected chi connectivity index (χ4v) is 2.73. The molecule has 1 saturated heterocycles. The van der Waals surface area contributed by atoms with Crippen molar-refractivity contribution < 1.29 is 4.90 Å². The van der Waals surface area contributed by atoms with E-state index in [0.29, 0.717) is 0 Å². The number of piperazine rings is 1. The normalized spacial score (nSPS) is 17.2. The van der Waals surface area contributed by atoms with Crippen molar-refractivity contribution in [1.82, 2.24) is 4.90 Å². The van der Waals surface area contributed by atoms with Crippen molar-refractivity contribution in [3.63, 3.8) is 0 Å². The van der Waals surface area contributed by atoms with E-state index in [4.69, 9.17) is 12.2 Å². The number of quaternary nitrogens is 1. The maximum Gasteiger partial charge on any atom is 0.109 e. The van der Waals surface area contributed by atoms with E-state index in [0.717, 1.165) is 18.1 Å². The Morgan fingerprint density at radius 3 is 2.35 bits per heavy atom. The fourth-order valence-electron chi connectivity index (χ4n) is 2.01. The first-order chi connectivity index (χ1) is 8.20. The van der Waals surface area contributed by atoms with E-state index >= 15 is 0 Å². The third-order valence-corrected chi connectivity index (χ3v) is 4.48. The van der Waals surface area contributed by atoms with E-state index < -0.39 is 0 Å². The molecule has 1 aliphatic heterocycles. The number of rotatable bonds is 2. The van der Waals surface area contributed by atoms with Gasteiger partial charge in [-0.05, 0) is 18.4 Å². The molecule has 0 atom stereocenters. The van der Waals surface area contributed by atoms with Crippen LogP contribution in [0.2, 0.25) is 0 Å². The van der Waals surface area contributed by atoms with Crippen molar-refractivity contribution in [1.29, 1.82) is 0 Å². The Morgan fingerprint density at radius 1 is 1.24 bits per heavy atom. The van der Waals surface area contributed by atoms with Crippen LogP contribution in [-0.2, 0) is 0 Å². The zero-order valence-electron chi connectivity index (χ0n) is 10.4. The van der Waals surface area contributed by atoms with Gasteiger partial charge >= 0.3 is 0 Å². The van der Waals surface area contributed by atoms with Crippen molar-refractivity contribution in [2.24, 2.45) is 0 Å². The van der Waals surface area contributed by atoms with Crippen LogP contribution >= 0.6 is 24.0 Å². The van der Waals surface area contributed by atoms with E-state index in [1.165, 1.54) is 23.5 Å². The topological polar surface area (TPSA) is 7.68 Å². The van der Waals surface area contributed by atoms with Crippen molar-refractivity contribution in [3.05, 3.63) is 29.8 Å². The van der Waals surface area contributed by atoms with Crippen molar-refractivity contribution in [2.45, 2.75) is 4.90 Å². The second-order valence-electron chi connectivity index (χ2n) is 4.48. The molecule has 2 rings (SSSR count). The Morgan fingerprint density at radius 2 is 1.82 bits per heavy atom. The predicted molar refractivity (Wildman–Crippen MR) is 78.1 cm³/mol. The van der Waals surface area contributed by atoms with Gasteiger partial charge in [0.05, 0.1) is 33.2 Å². The molecule has 0 saturated carbocycles. The number of likely N-dealkylation sites (N-methyl/N-ethyl adjacent to an activating group) is 1. The van der Waals surface area contributed by atoms with Crippen LogP contribution in [0.4, 0.5) is 0 Å². The highest BCUT2D eigenvalue weighted by Crippen LogP contribution is 2.16. The maximum absolute atomic E-state index is 5.57. The lowest BCUT2D eigenvalue weighted by molar-refractivity contribution is -0.883. The molecule has 1 aromatic carbocycles. The highest BCUT2D eigenvalue weighted by Gasteiger charge is 2.19. The first-order valence-corrected chi connectivity index (χ1v) is 7.58. The van der Waals surface area contributed by atoms with Gasteiger partial charge in [0.25, 0.3) is 0 Å². The molecule has 1 aromatic rings. The molecule has 0 radical (unpaired) electrons. The van der Waals surface area contributed by atoms with Gasteiger partial charge in [-0.1, -0.05) is 24.4 Å². The zero-order valence-corrected chi connectivity index (χ0v) is 12.0. The van der Waals surface area contributed by atoms with Crippen LogP contribution in [0.25, 0.3) is 0 Å². The van der Waals surface area contributed by atoms with Gasteiger partial charge in [0.2, 0.25) is 0 Å². The summed E-state index contributed by atoms with van der Waals surface area (Å²) in [6.07, 6.45) is 2.09. The lowest BCUT2D eigenvalue weighted by atomic mass is 10.2. The summed E-state index contributed by atoms with van der Waals surface area (Å²) >= 11 is 7.33. The van der Waals surface area contributed by atoms with Crippen LogP contribution in [0.5, 0.6) is 0 Å². The molecule has 0 spiro atoms. The molecular formula is C13H19N2S2+. The minimum atomic E-state index is 1.00. The molecule has 4 heteroatoms. The number of benzene rings is 1. The lowest BCUT2D eigenvalue weighted by Crippen LogP contribution is -3.12. The molecular weight excluding hydrogens is 248 g/mol. The summed E-state index contributed by atoms with van der Waals surface area (Å²) in [5.41, 5.74) is 1.18. The standard InChI is InChI=1S/C13H18N2S2/c1-14-7-9-15(10-8-14)13(16)11-3-5-12(17-2)6-4-11/h3-6H,7-10H2,1-2H3/p+1. The Labute approximate surface area is 113 Å². The molecule has 92 valence electrons. The average Bonchev–Trinajstić information content (AvgIpc) is 2.39. The van der Waals surface area contributed by atoms with E-state index in [1.807, 2.05) is 0 Å². The van der Waals surface area contributed by atoms with Crippen molar-refractivity contribution >= 4 is 29.0 Å². The van der Waals surface area contributed by atoms with Gasteiger partial charge in [0.1, 0.15) is 4.99 Å². The van der Waals surface area contributed by atoms with Crippen LogP contribution in [0.1, 0.15) is 5.56 Å². The van der Waals surface area contributed by atoms with Gasteiger partial charge in [-0.3, -0.25) is 0 Å². The second kappa shape index (κ2) is 5.85. The van der Waals surface area contributed by atoms with E-state index in [9.17, 15) is 0 Å². The van der Waals surface area contributed by atoms with Gasteiger partial charge in [-0.15, -0.1) is 11.8 Å². The predicted octanol–water partition coefficient (Wildman–Crippen LogP) is 0.914. The van der Waals surface area contributed by atoms with Crippen LogP contribution in [-0.4, -0.2) is 49.4 Å². The number of hydrogen-bond acceptors (Lipinski definition) is 2. The highest BCUT2D eigenvalue weighted by atomic mass is 32.2. The molecule has 1 aliphatic rings. The first kappa shape index (κ1) is 12.9. The van der Waals surface area contributed by atoms with Gasteiger partial charge in [-0.2, -0.15) is 0 Å². The largest absolute Gasteiger partial charge is 0.351 e. The zero-order chi connectivity index (χ0) is 12.3. The SMILES string of the molecule is CSc1ccc(C(=S)N2CC[NH+](C)CC2)cc1. The second-order valence-corrected chi connectivity index (χ2v) is 5.74. The highest BCUT2D eigenvalue weighted by molar-refractivity contribution is 7.98. The smallest absolute Gasteiger partial charge is 0.109 e. The van der Waals surface area contributed by atoms with E-state index in [1.54, 1.807) is 16.7 Å². The molecule has 0 aliphatic carbocycles. The fraction of sp³-hybridized carbons (Fsp3) is 0.462. The molecule has 0 unspecified atom stereocenters. The van der Waals surface area contributed by atoms with Crippen LogP contribution in [0.15, 0.2) is 29.2 Å². The summed E-state index contributed by atoms with van der Waals surface area (Å²) in [6.45, 7) is 4.52. The number of nitrogens with zero attached hydrogens (tertiary/aromatic N) is 1. The molecule has 0 amide bonds. The van der Waals surface area contributed by atoms with Crippen molar-refractivity contribution in [2.75, 3.05) is 39.5 Å². The lowest BCUT2D eigenvalue weighted by Gasteiger charge is -2.32. The molecule has 0 aromatic heterocycles. The minimum Gasteiger partial charge on any atom is -0.351 e. The van der Waals surface area contributed by atoms with Gasteiger partial charge < -0.3 is 9.80 Å². The molecule has 0 bridgehead atoms. The number of thiocarbonyl (C=S) groups is 1. The average molecular weight is 267 g/mol. The number of nitrogens with one attached hydrogen (secondary N) is 1. The Kier molecular flexibility index (Phi) is 4.42. The van der Waals surface area contributed by atoms with Crippen LogP contribution in [0.3, 0.4) is 0 Å². The van der Waals surface area contributed by atoms with Crippen molar-refractivity contribution in [3.8, 4) is 0 Å². The summed E-state index contributed by atoms with van der Waals surface area (Å²) in [5, 5.41) is 0. The third-order valence-electron chi connectivity index (χ3n) is 3.24. The summed E-state index contributed by atoms with van der Waals surface area (Å²) in [6, 6.07) is 8.57. The van der Waals surface area contributed by atoms with Gasteiger partial charge in [-0.25, -0.2) is 0 Å². The Hall–Kier alpha value is -0.580. The Balaban J connectivity index is 2.03. The van der Waals surface area contributed by atoms with Crippen LogP contribution < -0.4 is 4.90 Å². The molecule has 17 heavy (non-hydrogen) atoms. The Bertz CT molecular complexity index is 381. The minimum absolute atomic E-state index is 1.00. The summed E-state index contributed by atoms with van der Waals surface area (Å²) in [5.74, 6) is 0. The summed E-state index contributed by atoms with van der Waals surface area (Å²) in [4.78, 5) is 6.22. The van der Waals surface area contributed by atoms with Gasteiger partial charge in [0, 0.05) is 10.5 Å². The first-order valence-electron chi connectivity index (χ1n) is 5.95. The monoisotopic (exact) mass is 267 g/mol. The summed E-state index contributed by atoms with van der Waals surface area (Å²) < 4.78 is 0. The molecule has 1 fully saturated rings. The third kappa shape index (κ3) is 3.21. The quantitative estimate of drug-likeness (QED) is 0.630. The van der Waals surface area contributed by atoms with Crippen LogP contribution in [0, 0.1) is 0 Å². The van der Waals surface area contributed by atoms with Gasteiger partial charge in [0.15, 0.2) is 0 Å². The van der Waals surface area contributed by atoms with E-state index in [2.05, 4.69) is 42.5 Å².